The predicted molar refractivity (Wildman–Crippen MR) is 101 cm³/mol. The van der Waals surface area contributed by atoms with Crippen LogP contribution in [0.2, 0.25) is 0 Å². The van der Waals surface area contributed by atoms with Crippen molar-refractivity contribution in [3.8, 4) is 0 Å². The molecular weight excluding hydrogens is 362 g/mol. The van der Waals surface area contributed by atoms with Crippen molar-refractivity contribution in [2.75, 3.05) is 5.32 Å². The van der Waals surface area contributed by atoms with Gasteiger partial charge in [-0.2, -0.15) is 4.98 Å². The van der Waals surface area contributed by atoms with Crippen LogP contribution in [-0.2, 0) is 17.8 Å². The predicted octanol–water partition coefficient (Wildman–Crippen LogP) is 1.30. The third kappa shape index (κ3) is 3.58. The van der Waals surface area contributed by atoms with Gasteiger partial charge in [0.05, 0.1) is 17.5 Å². The minimum atomic E-state index is -0.735. The molecule has 4 rings (SSSR count). The van der Waals surface area contributed by atoms with E-state index in [1.807, 2.05) is 18.2 Å². The molecule has 0 aliphatic rings. The average molecular weight is 377 g/mol. The molecule has 0 bridgehead atoms. The summed E-state index contributed by atoms with van der Waals surface area (Å²) in [6, 6.07) is 15.9. The fourth-order valence-electron chi connectivity index (χ4n) is 2.81. The molecule has 9 nitrogen and oxygen atoms in total. The van der Waals surface area contributed by atoms with Gasteiger partial charge in [0.25, 0.3) is 0 Å². The van der Waals surface area contributed by atoms with Crippen molar-refractivity contribution >= 4 is 22.6 Å². The second-order valence-electron chi connectivity index (χ2n) is 6.06. The number of aromatic nitrogens is 4. The second kappa shape index (κ2) is 7.31. The third-order valence-corrected chi connectivity index (χ3v) is 4.06. The van der Waals surface area contributed by atoms with Gasteiger partial charge in [-0.3, -0.25) is 19.0 Å². The van der Waals surface area contributed by atoms with Crippen LogP contribution in [0.1, 0.15) is 11.7 Å². The Labute approximate surface area is 157 Å². The van der Waals surface area contributed by atoms with Crippen molar-refractivity contribution in [3.63, 3.8) is 0 Å². The van der Waals surface area contributed by atoms with Crippen molar-refractivity contribution < 1.29 is 9.32 Å². The number of fused-ring (bicyclic) bond motifs is 1. The molecule has 0 aliphatic heterocycles. The quantitative estimate of drug-likeness (QED) is 0.506. The fourth-order valence-corrected chi connectivity index (χ4v) is 2.81. The van der Waals surface area contributed by atoms with Gasteiger partial charge >= 0.3 is 11.1 Å². The summed E-state index contributed by atoms with van der Waals surface area (Å²) in [5.41, 5.74) is 0.265. The van der Waals surface area contributed by atoms with Crippen LogP contribution >= 0.6 is 0 Å². The van der Waals surface area contributed by atoms with Crippen molar-refractivity contribution in [1.82, 2.24) is 19.7 Å². The number of hydrogen-bond donors (Lipinski definition) is 2. The minimum Gasteiger partial charge on any atom is -0.337 e. The van der Waals surface area contributed by atoms with Crippen LogP contribution in [0, 0.1) is 0 Å². The highest BCUT2D eigenvalue weighted by Gasteiger charge is 2.14. The smallest absolute Gasteiger partial charge is 0.317 e. The molecule has 2 aromatic carbocycles. The zero-order valence-corrected chi connectivity index (χ0v) is 14.6. The first-order valence-electron chi connectivity index (χ1n) is 8.48. The molecule has 2 aromatic heterocycles. The monoisotopic (exact) mass is 377 g/mol. The number of carbonyl (C=O) groups excluding carboxylic acids is 1. The molecule has 0 spiro atoms. The summed E-state index contributed by atoms with van der Waals surface area (Å²) in [5.74, 6) is 0.0170. The Morgan fingerprint density at radius 2 is 1.82 bits per heavy atom. The zero-order chi connectivity index (χ0) is 19.5. The van der Waals surface area contributed by atoms with E-state index >= 15 is 0 Å². The molecule has 2 N–H and O–H groups in total. The lowest BCUT2D eigenvalue weighted by atomic mass is 10.3. The molecule has 1 amide bonds. The number of benzene rings is 2. The van der Waals surface area contributed by atoms with Crippen LogP contribution in [-0.4, -0.2) is 25.6 Å². The Bertz CT molecular complexity index is 1260. The van der Waals surface area contributed by atoms with Gasteiger partial charge < -0.3 is 14.8 Å². The summed E-state index contributed by atoms with van der Waals surface area (Å²) in [6.45, 7) is -0.0728. The first kappa shape index (κ1) is 17.4. The van der Waals surface area contributed by atoms with E-state index in [0.717, 1.165) is 0 Å². The van der Waals surface area contributed by atoms with Crippen LogP contribution in [0.5, 0.6) is 0 Å². The van der Waals surface area contributed by atoms with Gasteiger partial charge in [0.15, 0.2) is 5.82 Å². The van der Waals surface area contributed by atoms with E-state index in [9.17, 15) is 14.4 Å². The summed E-state index contributed by atoms with van der Waals surface area (Å²) in [6.07, 6.45) is -0.0799. The Balaban J connectivity index is 1.54. The van der Waals surface area contributed by atoms with Gasteiger partial charge in [0.2, 0.25) is 11.8 Å². The highest BCUT2D eigenvalue weighted by atomic mass is 16.5. The zero-order valence-electron chi connectivity index (χ0n) is 14.6. The van der Waals surface area contributed by atoms with Crippen LogP contribution in [0.3, 0.4) is 0 Å². The molecule has 0 aliphatic carbocycles. The van der Waals surface area contributed by atoms with E-state index in [1.54, 1.807) is 36.4 Å². The van der Waals surface area contributed by atoms with Crippen LogP contribution < -0.4 is 16.4 Å². The number of carbonyl (C=O) groups is 1. The van der Waals surface area contributed by atoms with Gasteiger partial charge in [-0.25, -0.2) is 0 Å². The first-order valence-corrected chi connectivity index (χ1v) is 8.48. The maximum atomic E-state index is 12.2. The fraction of sp³-hybridized carbons (Fsp3) is 0.105. The second-order valence-corrected chi connectivity index (χ2v) is 6.06. The molecule has 0 fully saturated rings. The number of anilines is 1. The van der Waals surface area contributed by atoms with Gasteiger partial charge in [-0.05, 0) is 24.3 Å². The maximum Gasteiger partial charge on any atom is 0.317 e. The molecule has 28 heavy (non-hydrogen) atoms. The number of para-hydroxylation sites is 3. The molecule has 0 unspecified atom stereocenters. The van der Waals surface area contributed by atoms with E-state index in [2.05, 4.69) is 20.4 Å². The highest BCUT2D eigenvalue weighted by Crippen LogP contribution is 2.10. The summed E-state index contributed by atoms with van der Waals surface area (Å²) in [5, 5.41) is 6.51. The standard InChI is InChI=1S/C19H15N5O4/c25-16(20-12-6-2-1-3-7-12)10-15-22-17(28-23-15)11-24-14-9-5-4-8-13(14)21-18(26)19(24)27/h1-9H,10-11H2,(H,20,25)(H,21,26). The van der Waals surface area contributed by atoms with Crippen molar-refractivity contribution in [2.45, 2.75) is 13.0 Å². The lowest BCUT2D eigenvalue weighted by molar-refractivity contribution is -0.115. The topological polar surface area (TPSA) is 123 Å². The number of aromatic amines is 1. The largest absolute Gasteiger partial charge is 0.337 e. The number of H-pyrrole nitrogens is 1. The summed E-state index contributed by atoms with van der Waals surface area (Å²) >= 11 is 0. The third-order valence-electron chi connectivity index (χ3n) is 4.06. The summed E-state index contributed by atoms with van der Waals surface area (Å²) in [7, 11) is 0. The lowest BCUT2D eigenvalue weighted by Crippen LogP contribution is -2.36. The Morgan fingerprint density at radius 3 is 2.64 bits per heavy atom. The number of nitrogens with zero attached hydrogens (tertiary/aromatic N) is 3. The number of rotatable bonds is 5. The van der Waals surface area contributed by atoms with Crippen LogP contribution in [0.4, 0.5) is 5.69 Å². The Kier molecular flexibility index (Phi) is 4.55. The lowest BCUT2D eigenvalue weighted by Gasteiger charge is -2.06. The van der Waals surface area contributed by atoms with Gasteiger partial charge in [0, 0.05) is 5.69 Å². The SMILES string of the molecule is O=C(Cc1noc(Cn2c(=O)c(=O)[nH]c3ccccc32)n1)Nc1ccccc1. The summed E-state index contributed by atoms with van der Waals surface area (Å²) in [4.78, 5) is 42.9. The van der Waals surface area contributed by atoms with E-state index in [1.165, 1.54) is 4.57 Å². The average Bonchev–Trinajstić information content (AvgIpc) is 3.13. The Hall–Kier alpha value is -4.01. The normalized spacial score (nSPS) is 10.9. The van der Waals surface area contributed by atoms with Crippen molar-refractivity contribution in [1.29, 1.82) is 0 Å². The molecule has 9 heteroatoms. The molecule has 0 atom stereocenters. The van der Waals surface area contributed by atoms with Crippen molar-refractivity contribution in [3.05, 3.63) is 87.0 Å². The van der Waals surface area contributed by atoms with E-state index in [0.29, 0.717) is 16.7 Å². The molecule has 0 saturated carbocycles. The molecule has 0 saturated heterocycles. The Morgan fingerprint density at radius 1 is 1.07 bits per heavy atom. The summed E-state index contributed by atoms with van der Waals surface area (Å²) < 4.78 is 6.41. The number of hydrogen-bond acceptors (Lipinski definition) is 6. The molecular formula is C19H15N5O4. The molecule has 4 aromatic rings. The van der Waals surface area contributed by atoms with Gasteiger partial charge in [0.1, 0.15) is 6.54 Å². The minimum absolute atomic E-state index is 0.0728. The number of nitrogens with one attached hydrogen (secondary N) is 2. The van der Waals surface area contributed by atoms with Gasteiger partial charge in [-0.1, -0.05) is 35.5 Å². The molecule has 2 heterocycles. The molecule has 0 radical (unpaired) electrons. The number of amides is 1. The first-order chi connectivity index (χ1) is 13.6. The molecule has 140 valence electrons. The maximum absolute atomic E-state index is 12.2. The van der Waals surface area contributed by atoms with E-state index < -0.39 is 11.1 Å². The van der Waals surface area contributed by atoms with E-state index in [-0.39, 0.29) is 30.6 Å². The van der Waals surface area contributed by atoms with Crippen LogP contribution in [0.15, 0.2) is 68.7 Å². The van der Waals surface area contributed by atoms with E-state index in [4.69, 9.17) is 4.52 Å². The highest BCUT2D eigenvalue weighted by molar-refractivity contribution is 5.91. The van der Waals surface area contributed by atoms with Crippen LogP contribution in [0.25, 0.3) is 11.0 Å². The van der Waals surface area contributed by atoms with Crippen molar-refractivity contribution in [2.24, 2.45) is 0 Å². The van der Waals surface area contributed by atoms with Gasteiger partial charge in [-0.15, -0.1) is 0 Å².